The van der Waals surface area contributed by atoms with Gasteiger partial charge in [-0.1, -0.05) is 48.3 Å². The fraction of sp³-hybridized carbons (Fsp3) is 0.421. The number of aromatic nitrogens is 3. The highest BCUT2D eigenvalue weighted by Gasteiger charge is 2.28. The van der Waals surface area contributed by atoms with E-state index in [9.17, 15) is 4.79 Å². The molecule has 5 nitrogen and oxygen atoms in total. The van der Waals surface area contributed by atoms with E-state index in [1.165, 1.54) is 17.8 Å². The molecule has 1 aliphatic rings. The van der Waals surface area contributed by atoms with Gasteiger partial charge < -0.3 is 0 Å². The fourth-order valence-electron chi connectivity index (χ4n) is 3.52. The van der Waals surface area contributed by atoms with Gasteiger partial charge in [0.15, 0.2) is 5.13 Å². The molecule has 1 aliphatic carbocycles. The minimum absolute atomic E-state index is 0.101. The van der Waals surface area contributed by atoms with E-state index in [4.69, 9.17) is 16.6 Å². The lowest BCUT2D eigenvalue weighted by Crippen LogP contribution is -2.39. The predicted octanol–water partition coefficient (Wildman–Crippen LogP) is 4.76. The van der Waals surface area contributed by atoms with Gasteiger partial charge in [0.1, 0.15) is 5.52 Å². The molecule has 0 unspecified atom stereocenters. The quantitative estimate of drug-likeness (QED) is 0.633. The number of carbonyl (C=O) groups is 1. The molecule has 1 fully saturated rings. The normalized spacial score (nSPS) is 15.4. The second-order valence-electron chi connectivity index (χ2n) is 6.68. The molecule has 26 heavy (non-hydrogen) atoms. The van der Waals surface area contributed by atoms with Crippen molar-refractivity contribution in [3.63, 3.8) is 0 Å². The maximum atomic E-state index is 13.2. The minimum atomic E-state index is 0.101. The molecule has 136 valence electrons. The molecule has 1 aromatic carbocycles. The van der Waals surface area contributed by atoms with Gasteiger partial charge in [0, 0.05) is 24.9 Å². The van der Waals surface area contributed by atoms with Gasteiger partial charge in [-0.05, 0) is 31.0 Å². The number of halogens is 1. The third kappa shape index (κ3) is 3.62. The third-order valence-electron chi connectivity index (χ3n) is 4.92. The number of rotatable bonds is 5. The number of thiazole rings is 1. The van der Waals surface area contributed by atoms with E-state index >= 15 is 0 Å². The molecule has 3 aromatic rings. The van der Waals surface area contributed by atoms with Crippen LogP contribution in [0.1, 0.15) is 32.1 Å². The van der Waals surface area contributed by atoms with Crippen molar-refractivity contribution in [3.8, 4) is 0 Å². The van der Waals surface area contributed by atoms with Crippen LogP contribution in [0.25, 0.3) is 10.2 Å². The van der Waals surface area contributed by atoms with Crippen LogP contribution in [0, 0.1) is 5.92 Å². The Bertz CT molecular complexity index is 886. The number of benzene rings is 1. The van der Waals surface area contributed by atoms with Crippen molar-refractivity contribution in [2.24, 2.45) is 5.92 Å². The molecule has 0 bridgehead atoms. The van der Waals surface area contributed by atoms with Gasteiger partial charge in [-0.3, -0.25) is 14.4 Å². The van der Waals surface area contributed by atoms with Crippen molar-refractivity contribution >= 4 is 44.2 Å². The topological polar surface area (TPSA) is 51.0 Å². The second kappa shape index (κ2) is 7.76. The van der Waals surface area contributed by atoms with Crippen molar-refractivity contribution in [1.82, 2.24) is 14.8 Å². The van der Waals surface area contributed by atoms with E-state index in [0.29, 0.717) is 18.1 Å². The minimum Gasteiger partial charge on any atom is -0.286 e. The summed E-state index contributed by atoms with van der Waals surface area (Å²) < 4.78 is 2.86. The summed E-state index contributed by atoms with van der Waals surface area (Å²) in [5.41, 5.74) is 0.773. The average Bonchev–Trinajstić information content (AvgIpc) is 3.33. The van der Waals surface area contributed by atoms with E-state index in [-0.39, 0.29) is 11.8 Å². The number of carbonyl (C=O) groups excluding carboxylic acids is 1. The summed E-state index contributed by atoms with van der Waals surface area (Å²) in [6.07, 6.45) is 9.12. The predicted molar refractivity (Wildman–Crippen MR) is 106 cm³/mol. The lowest BCUT2D eigenvalue weighted by atomic mass is 9.88. The molecule has 7 heteroatoms. The molecule has 2 aromatic heterocycles. The summed E-state index contributed by atoms with van der Waals surface area (Å²) in [4.78, 5) is 19.8. The molecule has 2 heterocycles. The number of hydrogen-bond donors (Lipinski definition) is 0. The van der Waals surface area contributed by atoms with Crippen LogP contribution in [0.2, 0.25) is 5.02 Å². The number of anilines is 1. The highest BCUT2D eigenvalue weighted by Crippen LogP contribution is 2.35. The number of para-hydroxylation sites is 1. The number of nitrogens with zero attached hydrogens (tertiary/aromatic N) is 4. The second-order valence-corrected chi connectivity index (χ2v) is 8.09. The summed E-state index contributed by atoms with van der Waals surface area (Å²) in [6.45, 7) is 1.21. The van der Waals surface area contributed by atoms with E-state index < -0.39 is 0 Å². The monoisotopic (exact) mass is 388 g/mol. The van der Waals surface area contributed by atoms with E-state index in [2.05, 4.69) is 5.10 Å². The van der Waals surface area contributed by atoms with Gasteiger partial charge in [0.05, 0.1) is 16.3 Å². The summed E-state index contributed by atoms with van der Waals surface area (Å²) >= 11 is 7.82. The maximum absolute atomic E-state index is 13.2. The smallest absolute Gasteiger partial charge is 0.231 e. The van der Waals surface area contributed by atoms with Crippen LogP contribution < -0.4 is 4.90 Å². The van der Waals surface area contributed by atoms with Crippen LogP contribution in [0.3, 0.4) is 0 Å². The molecular formula is C19H21ClN4OS. The van der Waals surface area contributed by atoms with Crippen molar-refractivity contribution in [2.45, 2.75) is 38.6 Å². The Kier molecular flexibility index (Phi) is 5.22. The van der Waals surface area contributed by atoms with Crippen molar-refractivity contribution in [3.05, 3.63) is 41.7 Å². The van der Waals surface area contributed by atoms with Gasteiger partial charge in [-0.15, -0.1) is 0 Å². The molecule has 1 saturated carbocycles. The van der Waals surface area contributed by atoms with Crippen LogP contribution in [-0.4, -0.2) is 27.2 Å². The fourth-order valence-corrected chi connectivity index (χ4v) is 4.82. The first-order chi connectivity index (χ1) is 12.7. The summed E-state index contributed by atoms with van der Waals surface area (Å²) in [6, 6.07) is 7.65. The lowest BCUT2D eigenvalue weighted by Gasteiger charge is -2.27. The van der Waals surface area contributed by atoms with Crippen LogP contribution in [0.15, 0.2) is 36.7 Å². The van der Waals surface area contributed by atoms with Crippen LogP contribution in [-0.2, 0) is 11.3 Å². The van der Waals surface area contributed by atoms with Crippen LogP contribution in [0.5, 0.6) is 0 Å². The zero-order valence-corrected chi connectivity index (χ0v) is 16.0. The van der Waals surface area contributed by atoms with Crippen molar-refractivity contribution in [2.75, 3.05) is 11.4 Å². The van der Waals surface area contributed by atoms with Gasteiger partial charge in [-0.25, -0.2) is 4.98 Å². The third-order valence-corrected chi connectivity index (χ3v) is 6.27. The van der Waals surface area contributed by atoms with E-state index in [1.807, 2.05) is 40.0 Å². The lowest BCUT2D eigenvalue weighted by molar-refractivity contribution is -0.123. The number of fused-ring (bicyclic) bond motifs is 1. The Morgan fingerprint density at radius 3 is 2.85 bits per heavy atom. The van der Waals surface area contributed by atoms with Crippen molar-refractivity contribution in [1.29, 1.82) is 0 Å². The Morgan fingerprint density at radius 1 is 1.27 bits per heavy atom. The zero-order valence-electron chi connectivity index (χ0n) is 14.5. The summed E-state index contributed by atoms with van der Waals surface area (Å²) in [5, 5.41) is 5.61. The Balaban J connectivity index is 1.63. The number of hydrogen-bond acceptors (Lipinski definition) is 4. The highest BCUT2D eigenvalue weighted by molar-refractivity contribution is 7.22. The Labute approximate surface area is 161 Å². The average molecular weight is 389 g/mol. The summed E-state index contributed by atoms with van der Waals surface area (Å²) in [5.74, 6) is 0.288. The summed E-state index contributed by atoms with van der Waals surface area (Å²) in [7, 11) is 0. The highest BCUT2D eigenvalue weighted by atomic mass is 35.5. The SMILES string of the molecule is O=C(C1CCCCC1)N(CCn1cccn1)c1nc2c(Cl)cccc2s1. The first-order valence-electron chi connectivity index (χ1n) is 9.06. The van der Waals surface area contributed by atoms with Crippen molar-refractivity contribution < 1.29 is 4.79 Å². The Hall–Kier alpha value is -1.92. The van der Waals surface area contributed by atoms with Gasteiger partial charge in [-0.2, -0.15) is 5.10 Å². The first-order valence-corrected chi connectivity index (χ1v) is 10.3. The van der Waals surface area contributed by atoms with Crippen LogP contribution >= 0.6 is 22.9 Å². The molecule has 4 rings (SSSR count). The molecule has 1 amide bonds. The molecule has 0 atom stereocenters. The molecule has 0 radical (unpaired) electrons. The molecule has 0 spiro atoms. The molecule has 0 saturated heterocycles. The largest absolute Gasteiger partial charge is 0.286 e. The van der Waals surface area contributed by atoms with E-state index in [0.717, 1.165) is 41.0 Å². The standard InChI is InChI=1S/C19H21ClN4OS/c20-15-8-4-9-16-17(15)22-19(26-16)24(13-12-23-11-5-10-21-23)18(25)14-6-2-1-3-7-14/h4-5,8-11,14H,1-3,6-7,12-13H2. The van der Waals surface area contributed by atoms with Gasteiger partial charge in [0.25, 0.3) is 0 Å². The Morgan fingerprint density at radius 2 is 2.12 bits per heavy atom. The van der Waals surface area contributed by atoms with E-state index in [1.54, 1.807) is 6.20 Å². The maximum Gasteiger partial charge on any atom is 0.231 e. The zero-order chi connectivity index (χ0) is 17.9. The molecular weight excluding hydrogens is 368 g/mol. The molecule has 0 aliphatic heterocycles. The number of amides is 1. The van der Waals surface area contributed by atoms with Crippen LogP contribution in [0.4, 0.5) is 5.13 Å². The molecule has 0 N–H and O–H groups in total. The van der Waals surface area contributed by atoms with Gasteiger partial charge in [0.2, 0.25) is 5.91 Å². The first kappa shape index (κ1) is 17.5. The van der Waals surface area contributed by atoms with Gasteiger partial charge >= 0.3 is 0 Å².